The van der Waals surface area contributed by atoms with E-state index in [0.717, 1.165) is 55.4 Å². The van der Waals surface area contributed by atoms with Crippen LogP contribution in [0.25, 0.3) is 0 Å². The van der Waals surface area contributed by atoms with E-state index in [0.29, 0.717) is 42.1 Å². The normalized spacial score (nSPS) is 28.6. The Kier molecular flexibility index (Phi) is 20.4. The van der Waals surface area contributed by atoms with Gasteiger partial charge in [0.2, 0.25) is 23.6 Å². The fourth-order valence-corrected chi connectivity index (χ4v) is 13.3. The molecule has 4 amide bonds. The summed E-state index contributed by atoms with van der Waals surface area (Å²) in [6, 6.07) is 6.14. The van der Waals surface area contributed by atoms with E-state index in [2.05, 4.69) is 61.1 Å². The minimum atomic E-state index is -0.824. The first-order valence-electron chi connectivity index (χ1n) is 25.9. The highest BCUT2D eigenvalue weighted by atomic mass is 16.3. The number of nitrogens with one attached hydrogen (secondary N) is 4. The molecule has 4 saturated carbocycles. The zero-order chi connectivity index (χ0) is 45.2. The Balaban J connectivity index is 1.01. The molecule has 0 spiro atoms. The van der Waals surface area contributed by atoms with Crippen molar-refractivity contribution in [2.24, 2.45) is 46.3 Å². The first kappa shape index (κ1) is 50.6. The summed E-state index contributed by atoms with van der Waals surface area (Å²) in [7, 11) is 1.52. The average molecular weight is 873 g/mol. The van der Waals surface area contributed by atoms with Crippen LogP contribution < -0.4 is 21.3 Å². The third kappa shape index (κ3) is 14.6. The number of phenols is 1. The quantitative estimate of drug-likeness (QED) is 0.0466. The Morgan fingerprint density at radius 2 is 1.40 bits per heavy atom. The summed E-state index contributed by atoms with van der Waals surface area (Å²) in [6.45, 7) is 9.64. The molecule has 5 N–H and O–H groups in total. The van der Waals surface area contributed by atoms with Crippen molar-refractivity contribution >= 4 is 23.6 Å². The SMILES string of the molecule is CCCCCCCC/C=C\CCCCCCCC(=O)NC1CCC2(C)C(CCC3C2CCC2(C)C3CCC2[C@@H](C)CCC(=O)N[C@@H](Cc2ccc(O)cc2)C(=O)NCC(=O)NC)C1. The maximum Gasteiger partial charge on any atom is 0.243 e. The summed E-state index contributed by atoms with van der Waals surface area (Å²) in [5, 5.41) is 21.4. The Labute approximate surface area is 382 Å². The maximum absolute atomic E-state index is 13.4. The van der Waals surface area contributed by atoms with Gasteiger partial charge in [-0.15, -0.1) is 0 Å². The third-order valence-electron chi connectivity index (χ3n) is 17.0. The predicted octanol–water partition coefficient (Wildman–Crippen LogP) is 10.9. The van der Waals surface area contributed by atoms with E-state index < -0.39 is 11.9 Å². The number of amides is 4. The van der Waals surface area contributed by atoms with E-state index >= 15 is 0 Å². The standard InChI is InChI=1S/C54H88N4O5/c1-6-7-8-9-10-11-12-13-14-15-16-17-18-19-20-21-49(60)57-42-32-34-53(3)41(37-42)25-28-44-46-30-29-45(54(46,4)35-33-47(44)53)39(2)22-31-50(61)58-48(52(63)56-38-51(62)55-5)36-40-23-26-43(59)27-24-40/h13-14,23-24,26-27,39,41-42,44-48,59H,6-12,15-22,25,28-38H2,1-5H3,(H,55,62)(H,56,63)(H,57,60)(H,58,61)/b14-13-/t39-,41?,42?,44?,45?,46?,47?,48-,53?,54?/m0/s1. The van der Waals surface area contributed by atoms with Crippen LogP contribution in [0.3, 0.4) is 0 Å². The molecule has 10 atom stereocenters. The van der Waals surface area contributed by atoms with Crippen LogP contribution in [0.2, 0.25) is 0 Å². The molecule has 1 aromatic carbocycles. The molecule has 4 aliphatic rings. The molecule has 4 fully saturated rings. The molecule has 9 nitrogen and oxygen atoms in total. The lowest BCUT2D eigenvalue weighted by atomic mass is 9.44. The number of allylic oxidation sites excluding steroid dienone is 2. The highest BCUT2D eigenvalue weighted by molar-refractivity contribution is 5.90. The maximum atomic E-state index is 13.4. The molecule has 0 radical (unpaired) electrons. The van der Waals surface area contributed by atoms with Crippen molar-refractivity contribution in [2.75, 3.05) is 13.6 Å². The number of rotatable bonds is 26. The van der Waals surface area contributed by atoms with E-state index in [-0.39, 0.29) is 41.9 Å². The van der Waals surface area contributed by atoms with Gasteiger partial charge in [0.25, 0.3) is 0 Å². The van der Waals surface area contributed by atoms with Crippen molar-refractivity contribution in [3.05, 3.63) is 42.0 Å². The number of hydrogen-bond donors (Lipinski definition) is 5. The number of benzene rings is 1. The molecule has 63 heavy (non-hydrogen) atoms. The molecule has 4 aliphatic carbocycles. The van der Waals surface area contributed by atoms with Gasteiger partial charge in [-0.1, -0.05) is 103 Å². The molecular weight excluding hydrogens is 785 g/mol. The molecule has 0 aliphatic heterocycles. The molecule has 0 heterocycles. The molecule has 8 unspecified atom stereocenters. The molecule has 0 saturated heterocycles. The largest absolute Gasteiger partial charge is 0.508 e. The second-order valence-electron chi connectivity index (χ2n) is 21.2. The number of hydrogen-bond acceptors (Lipinski definition) is 5. The monoisotopic (exact) mass is 873 g/mol. The molecular formula is C54H88N4O5. The number of aromatic hydroxyl groups is 1. The van der Waals surface area contributed by atoms with Crippen molar-refractivity contribution in [1.82, 2.24) is 21.3 Å². The van der Waals surface area contributed by atoms with Gasteiger partial charge in [-0.25, -0.2) is 0 Å². The Hall–Kier alpha value is -3.36. The molecule has 9 heteroatoms. The Morgan fingerprint density at radius 1 is 0.746 bits per heavy atom. The lowest BCUT2D eigenvalue weighted by molar-refractivity contribution is -0.130. The summed E-state index contributed by atoms with van der Waals surface area (Å²) in [6.07, 6.45) is 34.6. The van der Waals surface area contributed by atoms with Crippen LogP contribution in [0.15, 0.2) is 36.4 Å². The number of phenolic OH excluding ortho intramolecular Hbond substituents is 1. The lowest BCUT2D eigenvalue weighted by Crippen LogP contribution is -2.55. The summed E-state index contributed by atoms with van der Waals surface area (Å²) in [4.78, 5) is 51.5. The van der Waals surface area contributed by atoms with Crippen LogP contribution in [0.5, 0.6) is 5.75 Å². The van der Waals surface area contributed by atoms with Gasteiger partial charge in [0, 0.05) is 32.4 Å². The lowest BCUT2D eigenvalue weighted by Gasteiger charge is -2.61. The van der Waals surface area contributed by atoms with Crippen molar-refractivity contribution in [3.8, 4) is 5.75 Å². The van der Waals surface area contributed by atoms with Gasteiger partial charge >= 0.3 is 0 Å². The van der Waals surface area contributed by atoms with Crippen LogP contribution in [0.1, 0.15) is 194 Å². The smallest absolute Gasteiger partial charge is 0.243 e. The van der Waals surface area contributed by atoms with Gasteiger partial charge in [0.15, 0.2) is 0 Å². The minimum Gasteiger partial charge on any atom is -0.508 e. The van der Waals surface area contributed by atoms with Crippen molar-refractivity contribution < 1.29 is 24.3 Å². The van der Waals surface area contributed by atoms with Gasteiger partial charge in [0.05, 0.1) is 6.54 Å². The van der Waals surface area contributed by atoms with E-state index in [1.54, 1.807) is 24.3 Å². The number of carbonyl (C=O) groups excluding carboxylic acids is 4. The van der Waals surface area contributed by atoms with Gasteiger partial charge in [-0.2, -0.15) is 0 Å². The topological polar surface area (TPSA) is 137 Å². The van der Waals surface area contributed by atoms with E-state index in [1.165, 1.54) is 123 Å². The second kappa shape index (κ2) is 25.4. The van der Waals surface area contributed by atoms with Crippen molar-refractivity contribution in [3.63, 3.8) is 0 Å². The van der Waals surface area contributed by atoms with Crippen LogP contribution in [-0.2, 0) is 25.6 Å². The highest BCUT2D eigenvalue weighted by Gasteiger charge is 2.60. The number of fused-ring (bicyclic) bond motifs is 5. The van der Waals surface area contributed by atoms with Crippen LogP contribution >= 0.6 is 0 Å². The van der Waals surface area contributed by atoms with Crippen LogP contribution in [-0.4, -0.2) is 54.4 Å². The zero-order valence-corrected chi connectivity index (χ0v) is 40.3. The fourth-order valence-electron chi connectivity index (χ4n) is 13.3. The fraction of sp³-hybridized carbons (Fsp3) is 0.778. The van der Waals surface area contributed by atoms with Gasteiger partial charge in [-0.05, 0) is 160 Å². The average Bonchev–Trinajstić information content (AvgIpc) is 3.63. The molecule has 354 valence electrons. The molecule has 0 bridgehead atoms. The number of carbonyl (C=O) groups is 4. The minimum absolute atomic E-state index is 0.138. The van der Waals surface area contributed by atoms with E-state index in [4.69, 9.17) is 0 Å². The summed E-state index contributed by atoms with van der Waals surface area (Å²) >= 11 is 0. The highest BCUT2D eigenvalue weighted by Crippen LogP contribution is 2.68. The number of likely N-dealkylation sites (N-methyl/N-ethyl adjacent to an activating group) is 1. The predicted molar refractivity (Wildman–Crippen MR) is 256 cm³/mol. The molecule has 0 aromatic heterocycles. The van der Waals surface area contributed by atoms with E-state index in [9.17, 15) is 24.3 Å². The molecule has 5 rings (SSSR count). The van der Waals surface area contributed by atoms with Crippen LogP contribution in [0, 0.1) is 46.3 Å². The summed E-state index contributed by atoms with van der Waals surface area (Å²) in [5.74, 6) is 3.50. The van der Waals surface area contributed by atoms with Gasteiger partial charge < -0.3 is 26.4 Å². The summed E-state index contributed by atoms with van der Waals surface area (Å²) in [5.41, 5.74) is 1.46. The third-order valence-corrected chi connectivity index (χ3v) is 17.0. The van der Waals surface area contributed by atoms with E-state index in [1.807, 2.05) is 0 Å². The summed E-state index contributed by atoms with van der Waals surface area (Å²) < 4.78 is 0. The van der Waals surface area contributed by atoms with Crippen molar-refractivity contribution in [2.45, 2.75) is 207 Å². The van der Waals surface area contributed by atoms with Crippen LogP contribution in [0.4, 0.5) is 0 Å². The first-order valence-corrected chi connectivity index (χ1v) is 25.9. The van der Waals surface area contributed by atoms with Gasteiger partial charge in [0.1, 0.15) is 11.8 Å². The Bertz CT molecular complexity index is 1610. The molecule has 1 aromatic rings. The van der Waals surface area contributed by atoms with Crippen molar-refractivity contribution in [1.29, 1.82) is 0 Å². The second-order valence-corrected chi connectivity index (χ2v) is 21.2. The first-order chi connectivity index (χ1) is 30.4. The zero-order valence-electron chi connectivity index (χ0n) is 40.3. The number of unbranched alkanes of at least 4 members (excludes halogenated alkanes) is 11. The Morgan fingerprint density at radius 3 is 2.10 bits per heavy atom. The van der Waals surface area contributed by atoms with Gasteiger partial charge in [-0.3, -0.25) is 19.2 Å².